The van der Waals surface area contributed by atoms with Crippen molar-refractivity contribution >= 4 is 5.91 Å². The highest BCUT2D eigenvalue weighted by atomic mass is 16.5. The number of amides is 1. The molecule has 4 nitrogen and oxygen atoms in total. The lowest BCUT2D eigenvalue weighted by atomic mass is 10.1. The van der Waals surface area contributed by atoms with E-state index in [1.165, 1.54) is 18.4 Å². The van der Waals surface area contributed by atoms with Crippen molar-refractivity contribution < 1.29 is 9.53 Å². The zero-order chi connectivity index (χ0) is 14.4. The van der Waals surface area contributed by atoms with Crippen molar-refractivity contribution in [3.05, 3.63) is 42.0 Å². The number of hydrogen-bond donors (Lipinski definition) is 1. The van der Waals surface area contributed by atoms with Crippen LogP contribution in [0.25, 0.3) is 0 Å². The maximum absolute atomic E-state index is 10.7. The van der Waals surface area contributed by atoms with Crippen molar-refractivity contribution in [1.82, 2.24) is 4.90 Å². The number of hydrogen-bond acceptors (Lipinski definition) is 3. The van der Waals surface area contributed by atoms with E-state index in [9.17, 15) is 4.79 Å². The number of rotatable bonds is 7. The molecule has 2 N–H and O–H groups in total. The average molecular weight is 274 g/mol. The van der Waals surface area contributed by atoms with Gasteiger partial charge in [-0.05, 0) is 24.1 Å². The van der Waals surface area contributed by atoms with Crippen LogP contribution >= 0.6 is 0 Å². The molecule has 0 saturated carbocycles. The van der Waals surface area contributed by atoms with Gasteiger partial charge in [-0.15, -0.1) is 0 Å². The summed E-state index contributed by atoms with van der Waals surface area (Å²) < 4.78 is 5.34. The fourth-order valence-electron chi connectivity index (χ4n) is 2.49. The van der Waals surface area contributed by atoms with Crippen LogP contribution in [0.15, 0.2) is 36.4 Å². The van der Waals surface area contributed by atoms with Gasteiger partial charge in [-0.25, -0.2) is 0 Å². The lowest BCUT2D eigenvalue weighted by Gasteiger charge is -2.24. The Hall–Kier alpha value is -1.81. The molecule has 4 heteroatoms. The Kier molecular flexibility index (Phi) is 5.18. The minimum absolute atomic E-state index is 0.0762. The maximum Gasteiger partial charge on any atom is 0.255 e. The number of nitrogens with zero attached hydrogens (tertiary/aromatic N) is 1. The number of carbonyl (C=O) groups excluding carboxylic acids is 1. The minimum Gasteiger partial charge on any atom is -0.484 e. The molecule has 1 aliphatic rings. The van der Waals surface area contributed by atoms with Crippen LogP contribution in [-0.4, -0.2) is 30.0 Å². The predicted molar refractivity (Wildman–Crippen MR) is 79.4 cm³/mol. The van der Waals surface area contributed by atoms with Gasteiger partial charge in [0.05, 0.1) is 0 Å². The molecular formula is C16H22N2O2. The average Bonchev–Trinajstić information content (AvgIpc) is 2.85. The largest absolute Gasteiger partial charge is 0.484 e. The van der Waals surface area contributed by atoms with Crippen LogP contribution in [0.5, 0.6) is 5.75 Å². The summed E-state index contributed by atoms with van der Waals surface area (Å²) in [5.41, 5.74) is 6.27. The third-order valence-electron chi connectivity index (χ3n) is 3.42. The standard InChI is InChI=1S/C16H22N2O2/c1-2-5-14-7-4-9-18(14)11-13-6-3-8-15(10-13)20-12-16(17)19/h3-4,6-8,10,14H,2,5,9,11-12H2,1H3,(H2,17,19). The summed E-state index contributed by atoms with van der Waals surface area (Å²) in [6, 6.07) is 8.39. The minimum atomic E-state index is -0.456. The van der Waals surface area contributed by atoms with Gasteiger partial charge in [0, 0.05) is 19.1 Å². The second kappa shape index (κ2) is 7.10. The maximum atomic E-state index is 10.7. The lowest BCUT2D eigenvalue weighted by Crippen LogP contribution is -2.29. The van der Waals surface area contributed by atoms with Gasteiger partial charge < -0.3 is 10.5 Å². The zero-order valence-corrected chi connectivity index (χ0v) is 11.9. The number of carbonyl (C=O) groups is 1. The normalized spacial score (nSPS) is 18.4. The first-order valence-corrected chi connectivity index (χ1v) is 7.09. The molecule has 108 valence electrons. The van der Waals surface area contributed by atoms with E-state index in [4.69, 9.17) is 10.5 Å². The van der Waals surface area contributed by atoms with Gasteiger partial charge in [-0.1, -0.05) is 37.6 Å². The van der Waals surface area contributed by atoms with Crippen LogP contribution in [0.3, 0.4) is 0 Å². The Bertz CT molecular complexity index is 485. The number of primary amides is 1. The fraction of sp³-hybridized carbons (Fsp3) is 0.438. The number of nitrogens with two attached hydrogens (primary N) is 1. The SMILES string of the molecule is CCCC1C=CCN1Cc1cccc(OCC(N)=O)c1. The highest BCUT2D eigenvalue weighted by Gasteiger charge is 2.18. The second-order valence-corrected chi connectivity index (χ2v) is 5.12. The predicted octanol–water partition coefficient (Wildman–Crippen LogP) is 2.09. The van der Waals surface area contributed by atoms with Crippen molar-refractivity contribution in [2.75, 3.05) is 13.2 Å². The van der Waals surface area contributed by atoms with E-state index in [2.05, 4.69) is 30.0 Å². The molecule has 1 unspecified atom stereocenters. The molecule has 1 aliphatic heterocycles. The molecule has 1 aromatic carbocycles. The van der Waals surface area contributed by atoms with E-state index in [0.717, 1.165) is 13.1 Å². The smallest absolute Gasteiger partial charge is 0.255 e. The lowest BCUT2D eigenvalue weighted by molar-refractivity contribution is -0.119. The molecule has 0 bridgehead atoms. The topological polar surface area (TPSA) is 55.6 Å². The molecule has 20 heavy (non-hydrogen) atoms. The van der Waals surface area contributed by atoms with Crippen LogP contribution in [0.2, 0.25) is 0 Å². The van der Waals surface area contributed by atoms with Gasteiger partial charge in [0.1, 0.15) is 5.75 Å². The van der Waals surface area contributed by atoms with Crippen molar-refractivity contribution in [2.45, 2.75) is 32.4 Å². The third-order valence-corrected chi connectivity index (χ3v) is 3.42. The Morgan fingerprint density at radius 1 is 1.50 bits per heavy atom. The molecule has 0 fully saturated rings. The Morgan fingerprint density at radius 3 is 3.10 bits per heavy atom. The first kappa shape index (κ1) is 14.6. The molecule has 0 aromatic heterocycles. The van der Waals surface area contributed by atoms with E-state index in [0.29, 0.717) is 11.8 Å². The first-order valence-electron chi connectivity index (χ1n) is 7.09. The molecule has 0 saturated heterocycles. The summed E-state index contributed by atoms with van der Waals surface area (Å²) in [5, 5.41) is 0. The number of ether oxygens (including phenoxy) is 1. The molecule has 1 aromatic rings. The quantitative estimate of drug-likeness (QED) is 0.775. The Morgan fingerprint density at radius 2 is 2.35 bits per heavy atom. The van der Waals surface area contributed by atoms with Crippen molar-refractivity contribution in [3.63, 3.8) is 0 Å². The van der Waals surface area contributed by atoms with Crippen LogP contribution in [0.4, 0.5) is 0 Å². The van der Waals surface area contributed by atoms with Gasteiger partial charge in [0.15, 0.2) is 6.61 Å². The van der Waals surface area contributed by atoms with E-state index >= 15 is 0 Å². The molecular weight excluding hydrogens is 252 g/mol. The molecule has 1 heterocycles. The monoisotopic (exact) mass is 274 g/mol. The zero-order valence-electron chi connectivity index (χ0n) is 11.9. The summed E-state index contributed by atoms with van der Waals surface area (Å²) in [5.74, 6) is 0.239. The highest BCUT2D eigenvalue weighted by molar-refractivity contribution is 5.75. The summed E-state index contributed by atoms with van der Waals surface area (Å²) in [6.07, 6.45) is 6.90. The summed E-state index contributed by atoms with van der Waals surface area (Å²) in [4.78, 5) is 13.2. The molecule has 0 radical (unpaired) electrons. The summed E-state index contributed by atoms with van der Waals surface area (Å²) in [7, 11) is 0. The van der Waals surface area contributed by atoms with Crippen LogP contribution in [0, 0.1) is 0 Å². The van der Waals surface area contributed by atoms with Gasteiger partial charge >= 0.3 is 0 Å². The molecule has 2 rings (SSSR count). The fourth-order valence-corrected chi connectivity index (χ4v) is 2.49. The van der Waals surface area contributed by atoms with E-state index < -0.39 is 5.91 Å². The molecule has 1 atom stereocenters. The van der Waals surface area contributed by atoms with Crippen LogP contribution in [0.1, 0.15) is 25.3 Å². The van der Waals surface area contributed by atoms with Gasteiger partial charge in [-0.2, -0.15) is 0 Å². The van der Waals surface area contributed by atoms with E-state index in [1.807, 2.05) is 18.2 Å². The van der Waals surface area contributed by atoms with Crippen LogP contribution in [-0.2, 0) is 11.3 Å². The van der Waals surface area contributed by atoms with Gasteiger partial charge in [-0.3, -0.25) is 9.69 Å². The van der Waals surface area contributed by atoms with Gasteiger partial charge in [0.25, 0.3) is 5.91 Å². The Balaban J connectivity index is 1.95. The highest BCUT2D eigenvalue weighted by Crippen LogP contribution is 2.20. The number of benzene rings is 1. The van der Waals surface area contributed by atoms with Crippen molar-refractivity contribution in [1.29, 1.82) is 0 Å². The van der Waals surface area contributed by atoms with E-state index in [1.54, 1.807) is 0 Å². The van der Waals surface area contributed by atoms with Crippen molar-refractivity contribution in [3.8, 4) is 5.75 Å². The molecule has 0 aliphatic carbocycles. The Labute approximate surface area is 120 Å². The molecule has 1 amide bonds. The summed E-state index contributed by atoms with van der Waals surface area (Å²) in [6.45, 7) is 4.03. The van der Waals surface area contributed by atoms with E-state index in [-0.39, 0.29) is 6.61 Å². The van der Waals surface area contributed by atoms with Crippen molar-refractivity contribution in [2.24, 2.45) is 5.73 Å². The second-order valence-electron chi connectivity index (χ2n) is 5.12. The first-order chi connectivity index (χ1) is 9.69. The molecule has 0 spiro atoms. The van der Waals surface area contributed by atoms with Crippen LogP contribution < -0.4 is 10.5 Å². The van der Waals surface area contributed by atoms with Gasteiger partial charge in [0.2, 0.25) is 0 Å². The third kappa shape index (κ3) is 4.10. The summed E-state index contributed by atoms with van der Waals surface area (Å²) >= 11 is 0.